The lowest BCUT2D eigenvalue weighted by Gasteiger charge is -2.35. The summed E-state index contributed by atoms with van der Waals surface area (Å²) in [6.07, 6.45) is -3.72. The Morgan fingerprint density at radius 1 is 1.08 bits per heavy atom. The van der Waals surface area contributed by atoms with Gasteiger partial charge in [0.15, 0.2) is 9.84 Å². The quantitative estimate of drug-likeness (QED) is 0.434. The average Bonchev–Trinajstić information content (AvgIpc) is 3.25. The van der Waals surface area contributed by atoms with E-state index < -0.39 is 22.4 Å². The van der Waals surface area contributed by atoms with Crippen LogP contribution in [0.1, 0.15) is 16.0 Å². The third kappa shape index (κ3) is 7.39. The molecule has 1 aromatic carbocycles. The Kier molecular flexibility index (Phi) is 8.34. The molecule has 1 saturated heterocycles. The lowest BCUT2D eigenvalue weighted by atomic mass is 10.1. The molecule has 0 spiro atoms. The van der Waals surface area contributed by atoms with Crippen LogP contribution >= 0.6 is 11.3 Å². The number of alkyl halides is 3. The number of anilines is 1. The van der Waals surface area contributed by atoms with Crippen molar-refractivity contribution in [2.45, 2.75) is 24.8 Å². The van der Waals surface area contributed by atoms with Gasteiger partial charge in [-0.25, -0.2) is 18.4 Å². The molecular formula is C24H28F3N5O3S2. The molecule has 1 aliphatic heterocycles. The van der Waals surface area contributed by atoms with E-state index in [-0.39, 0.29) is 28.7 Å². The number of carbonyl (C=O) groups is 1. The molecule has 0 bridgehead atoms. The van der Waals surface area contributed by atoms with Gasteiger partial charge in [0.05, 0.1) is 29.7 Å². The minimum absolute atomic E-state index is 0.0372. The minimum Gasteiger partial charge on any atom is -0.352 e. The second-order valence-electron chi connectivity index (χ2n) is 8.98. The van der Waals surface area contributed by atoms with E-state index in [1.54, 1.807) is 36.2 Å². The van der Waals surface area contributed by atoms with Crippen LogP contribution in [0.3, 0.4) is 0 Å². The highest BCUT2D eigenvalue weighted by atomic mass is 32.2. The van der Waals surface area contributed by atoms with Crippen LogP contribution in [0.4, 0.5) is 19.0 Å². The Morgan fingerprint density at radius 2 is 1.76 bits per heavy atom. The Hall–Kier alpha value is -2.77. The normalized spacial score (nSPS) is 14.9. The summed E-state index contributed by atoms with van der Waals surface area (Å²) in [5, 5.41) is 3.43. The van der Waals surface area contributed by atoms with Gasteiger partial charge in [-0.2, -0.15) is 13.2 Å². The molecule has 8 nitrogen and oxygen atoms in total. The number of halogens is 3. The number of rotatable bonds is 9. The predicted octanol–water partition coefficient (Wildman–Crippen LogP) is 2.82. The highest BCUT2D eigenvalue weighted by Gasteiger charge is 2.30. The molecule has 1 aliphatic rings. The number of benzene rings is 1. The molecule has 0 unspecified atom stereocenters. The third-order valence-electron chi connectivity index (χ3n) is 6.09. The zero-order valence-electron chi connectivity index (χ0n) is 20.3. The van der Waals surface area contributed by atoms with Crippen molar-refractivity contribution in [2.24, 2.45) is 0 Å². The smallest absolute Gasteiger partial charge is 0.352 e. The molecular weight excluding hydrogens is 527 g/mol. The van der Waals surface area contributed by atoms with Crippen molar-refractivity contribution in [1.82, 2.24) is 20.2 Å². The molecule has 3 aromatic rings. The molecule has 3 heterocycles. The lowest BCUT2D eigenvalue weighted by Crippen LogP contribution is -2.49. The van der Waals surface area contributed by atoms with Gasteiger partial charge in [-0.15, -0.1) is 11.3 Å². The van der Waals surface area contributed by atoms with Crippen molar-refractivity contribution in [3.8, 4) is 0 Å². The van der Waals surface area contributed by atoms with Gasteiger partial charge in [-0.1, -0.05) is 24.3 Å². The summed E-state index contributed by atoms with van der Waals surface area (Å²) in [6, 6.07) is 8.56. The highest BCUT2D eigenvalue weighted by molar-refractivity contribution is 7.90. The second-order valence-corrected chi connectivity index (χ2v) is 12.3. The molecule has 0 aliphatic carbocycles. The largest absolute Gasteiger partial charge is 0.393 e. The number of carbonyl (C=O) groups excluding carboxylic acids is 1. The molecule has 0 radical (unpaired) electrons. The maximum atomic E-state index is 12.9. The molecule has 37 heavy (non-hydrogen) atoms. The van der Waals surface area contributed by atoms with Crippen LogP contribution in [-0.4, -0.2) is 80.9 Å². The predicted molar refractivity (Wildman–Crippen MR) is 138 cm³/mol. The van der Waals surface area contributed by atoms with Crippen LogP contribution in [-0.2, 0) is 33.2 Å². The first kappa shape index (κ1) is 27.3. The van der Waals surface area contributed by atoms with E-state index in [1.165, 1.54) is 12.4 Å². The van der Waals surface area contributed by atoms with E-state index in [0.29, 0.717) is 54.3 Å². The lowest BCUT2D eigenvalue weighted by molar-refractivity contribution is -0.130. The van der Waals surface area contributed by atoms with Crippen LogP contribution < -0.4 is 10.2 Å². The van der Waals surface area contributed by atoms with E-state index in [0.717, 1.165) is 16.9 Å². The summed E-state index contributed by atoms with van der Waals surface area (Å²) in [6.45, 7) is 2.34. The molecule has 1 N–H and O–H groups in total. The Labute approximate surface area is 217 Å². The number of nitrogens with zero attached hydrogens (tertiary/aromatic N) is 4. The van der Waals surface area contributed by atoms with Crippen LogP contribution in [0, 0.1) is 0 Å². The number of aromatic nitrogens is 2. The molecule has 13 heteroatoms. The number of hydrogen-bond donors (Lipinski definition) is 1. The fourth-order valence-corrected chi connectivity index (χ4v) is 6.60. The van der Waals surface area contributed by atoms with E-state index in [2.05, 4.69) is 15.3 Å². The van der Waals surface area contributed by atoms with Gasteiger partial charge in [0, 0.05) is 37.6 Å². The van der Waals surface area contributed by atoms with Crippen molar-refractivity contribution in [2.75, 3.05) is 50.4 Å². The van der Waals surface area contributed by atoms with Gasteiger partial charge in [0.1, 0.15) is 17.0 Å². The first-order valence-corrected chi connectivity index (χ1v) is 14.4. The van der Waals surface area contributed by atoms with Gasteiger partial charge in [-0.05, 0) is 24.2 Å². The van der Waals surface area contributed by atoms with E-state index in [4.69, 9.17) is 0 Å². The summed E-state index contributed by atoms with van der Waals surface area (Å²) < 4.78 is 62.7. The van der Waals surface area contributed by atoms with Crippen LogP contribution in [0.2, 0.25) is 0 Å². The number of thiophene rings is 1. The number of fused-ring (bicyclic) bond motifs is 1. The molecule has 4 rings (SSSR count). The van der Waals surface area contributed by atoms with Gasteiger partial charge < -0.3 is 15.1 Å². The first-order chi connectivity index (χ1) is 17.5. The Bertz CT molecular complexity index is 1340. The molecule has 200 valence electrons. The van der Waals surface area contributed by atoms with Gasteiger partial charge >= 0.3 is 6.18 Å². The number of piperazine rings is 1. The van der Waals surface area contributed by atoms with Crippen molar-refractivity contribution < 1.29 is 26.4 Å². The maximum absolute atomic E-state index is 12.9. The van der Waals surface area contributed by atoms with Crippen molar-refractivity contribution in [3.63, 3.8) is 0 Å². The average molecular weight is 556 g/mol. The zero-order chi connectivity index (χ0) is 26.6. The maximum Gasteiger partial charge on any atom is 0.393 e. The summed E-state index contributed by atoms with van der Waals surface area (Å²) >= 11 is 1.02. The Balaban J connectivity index is 1.33. The monoisotopic (exact) mass is 555 g/mol. The van der Waals surface area contributed by atoms with Crippen LogP contribution in [0.5, 0.6) is 0 Å². The summed E-state index contributed by atoms with van der Waals surface area (Å²) in [4.78, 5) is 25.8. The number of hydrogen-bond acceptors (Lipinski definition) is 8. The number of nitrogens with one attached hydrogen (secondary N) is 1. The van der Waals surface area contributed by atoms with Crippen molar-refractivity contribution >= 4 is 43.1 Å². The highest BCUT2D eigenvalue weighted by Crippen LogP contribution is 2.34. The van der Waals surface area contributed by atoms with Gasteiger partial charge in [0.25, 0.3) is 0 Å². The molecule has 2 aromatic heterocycles. The van der Waals surface area contributed by atoms with Gasteiger partial charge in [-0.3, -0.25) is 4.79 Å². The topological polar surface area (TPSA) is 95.5 Å². The summed E-state index contributed by atoms with van der Waals surface area (Å²) in [7, 11) is -1.49. The number of sulfone groups is 1. The van der Waals surface area contributed by atoms with Gasteiger partial charge in [0.2, 0.25) is 5.91 Å². The molecule has 0 atom stereocenters. The first-order valence-electron chi connectivity index (χ1n) is 11.8. The SMILES string of the molecule is CNCCS(=O)(=O)Cc1ccc(CC(=O)N2CCN(c3ncnc4sc(CC(F)(F)F)cc34)CC2)cc1. The van der Waals surface area contributed by atoms with Crippen LogP contribution in [0.25, 0.3) is 10.2 Å². The van der Waals surface area contributed by atoms with Crippen molar-refractivity contribution in [3.05, 3.63) is 52.7 Å². The molecule has 1 amide bonds. The van der Waals surface area contributed by atoms with E-state index in [1.807, 2.05) is 4.90 Å². The fraction of sp³-hybridized carbons (Fsp3) is 0.458. The third-order valence-corrected chi connectivity index (χ3v) is 8.74. The summed E-state index contributed by atoms with van der Waals surface area (Å²) in [5.74, 6) is 0.576. The Morgan fingerprint density at radius 3 is 2.41 bits per heavy atom. The molecule has 1 fully saturated rings. The summed E-state index contributed by atoms with van der Waals surface area (Å²) in [5.41, 5.74) is 1.49. The molecule has 0 saturated carbocycles. The second kappa shape index (κ2) is 11.3. The van der Waals surface area contributed by atoms with Crippen LogP contribution in [0.15, 0.2) is 36.7 Å². The van der Waals surface area contributed by atoms with E-state index >= 15 is 0 Å². The number of amides is 1. The zero-order valence-corrected chi connectivity index (χ0v) is 21.9. The van der Waals surface area contributed by atoms with E-state index in [9.17, 15) is 26.4 Å². The van der Waals surface area contributed by atoms with Crippen molar-refractivity contribution in [1.29, 1.82) is 0 Å². The minimum atomic E-state index is -4.29. The fourth-order valence-electron chi connectivity index (χ4n) is 4.22. The standard InChI is InChI=1S/C24H28F3N5O3S2/c1-28-6-11-37(34,35)15-18-4-2-17(3-5-18)12-21(33)31-7-9-32(10-8-31)22-20-13-19(14-24(25,26)27)36-23(20)30-16-29-22/h2-5,13,16,28H,6-12,14-15H2,1H3.